The number of hydrogen-bond acceptors (Lipinski definition) is 2. The van der Waals surface area contributed by atoms with Crippen LogP contribution in [0.1, 0.15) is 66.7 Å². The summed E-state index contributed by atoms with van der Waals surface area (Å²) in [5, 5.41) is 2.85. The largest absolute Gasteiger partial charge is 0.343 e. The Balaban J connectivity index is 2.74. The number of carbonyl (C=O) groups excluding carboxylic acids is 2. The normalized spacial score (nSPS) is 25.0. The molecule has 0 spiro atoms. The lowest BCUT2D eigenvalue weighted by Crippen LogP contribution is -2.65. The molecule has 20 heavy (non-hydrogen) atoms. The zero-order valence-electron chi connectivity index (χ0n) is 13.6. The third-order valence-corrected chi connectivity index (χ3v) is 4.18. The molecular formula is C16H30N2O2. The summed E-state index contributed by atoms with van der Waals surface area (Å²) < 4.78 is 0. The third kappa shape index (κ3) is 3.97. The van der Waals surface area contributed by atoms with E-state index in [9.17, 15) is 9.59 Å². The molecule has 1 N–H and O–H groups in total. The molecule has 2 amide bonds. The fourth-order valence-electron chi connectivity index (χ4n) is 2.93. The highest BCUT2D eigenvalue weighted by atomic mass is 16.2. The van der Waals surface area contributed by atoms with Gasteiger partial charge in [0.1, 0.15) is 12.1 Å². The minimum absolute atomic E-state index is 0.00894. The van der Waals surface area contributed by atoms with Crippen molar-refractivity contribution in [3.8, 4) is 0 Å². The maximum absolute atomic E-state index is 12.5. The number of nitrogens with one attached hydrogen (secondary N) is 1. The minimum atomic E-state index is -0.335. The molecular weight excluding hydrogens is 252 g/mol. The average Bonchev–Trinajstić information content (AvgIpc) is 2.39. The first-order valence-corrected chi connectivity index (χ1v) is 8.04. The number of rotatable bonds is 7. The maximum atomic E-state index is 12.5. The van der Waals surface area contributed by atoms with Crippen molar-refractivity contribution < 1.29 is 9.59 Å². The van der Waals surface area contributed by atoms with Crippen molar-refractivity contribution in [2.24, 2.45) is 5.92 Å². The van der Waals surface area contributed by atoms with Gasteiger partial charge < -0.3 is 10.2 Å². The summed E-state index contributed by atoms with van der Waals surface area (Å²) in [6.07, 6.45) is 4.60. The Bertz CT molecular complexity index is 341. The Hall–Kier alpha value is -1.06. The van der Waals surface area contributed by atoms with Crippen molar-refractivity contribution in [2.45, 2.75) is 84.8 Å². The number of hydrogen-bond donors (Lipinski definition) is 1. The van der Waals surface area contributed by atoms with Gasteiger partial charge in [0.05, 0.1) is 0 Å². The maximum Gasteiger partial charge on any atom is 0.246 e. The summed E-state index contributed by atoms with van der Waals surface area (Å²) in [5.74, 6) is 0.790. The van der Waals surface area contributed by atoms with Gasteiger partial charge >= 0.3 is 0 Å². The van der Waals surface area contributed by atoms with Gasteiger partial charge in [-0.25, -0.2) is 0 Å². The van der Waals surface area contributed by atoms with Crippen molar-refractivity contribution in [3.05, 3.63) is 0 Å². The van der Waals surface area contributed by atoms with Crippen molar-refractivity contribution in [1.82, 2.24) is 10.2 Å². The van der Waals surface area contributed by atoms with Crippen LogP contribution >= 0.6 is 0 Å². The molecule has 0 aliphatic carbocycles. The van der Waals surface area contributed by atoms with E-state index in [0.717, 1.165) is 12.8 Å². The molecule has 0 aromatic rings. The van der Waals surface area contributed by atoms with Crippen LogP contribution in [0.15, 0.2) is 0 Å². The van der Waals surface area contributed by atoms with Gasteiger partial charge in [0, 0.05) is 6.04 Å². The smallest absolute Gasteiger partial charge is 0.246 e. The Morgan fingerprint density at radius 3 is 2.25 bits per heavy atom. The van der Waals surface area contributed by atoms with Crippen molar-refractivity contribution in [3.63, 3.8) is 0 Å². The molecule has 3 unspecified atom stereocenters. The van der Waals surface area contributed by atoms with Gasteiger partial charge in [-0.3, -0.25) is 9.59 Å². The highest BCUT2D eigenvalue weighted by molar-refractivity contribution is 5.97. The van der Waals surface area contributed by atoms with E-state index in [2.05, 4.69) is 26.1 Å². The highest BCUT2D eigenvalue weighted by Crippen LogP contribution is 2.21. The molecule has 1 saturated heterocycles. The van der Waals surface area contributed by atoms with Gasteiger partial charge in [0.2, 0.25) is 11.8 Å². The molecule has 3 atom stereocenters. The summed E-state index contributed by atoms with van der Waals surface area (Å²) in [6, 6.07) is -0.483. The first-order valence-electron chi connectivity index (χ1n) is 8.04. The second kappa shape index (κ2) is 7.65. The molecule has 0 aromatic carbocycles. The number of amides is 2. The highest BCUT2D eigenvalue weighted by Gasteiger charge is 2.40. The molecule has 4 nitrogen and oxygen atoms in total. The Morgan fingerprint density at radius 1 is 1.10 bits per heavy atom. The lowest BCUT2D eigenvalue weighted by molar-refractivity contribution is -0.152. The molecule has 116 valence electrons. The van der Waals surface area contributed by atoms with Crippen LogP contribution in [0.3, 0.4) is 0 Å². The second-order valence-electron chi connectivity index (χ2n) is 6.31. The predicted octanol–water partition coefficient (Wildman–Crippen LogP) is 2.72. The Kier molecular flexibility index (Phi) is 6.50. The molecule has 0 bridgehead atoms. The van der Waals surface area contributed by atoms with Crippen LogP contribution in [0.5, 0.6) is 0 Å². The number of carbonyl (C=O) groups is 2. The van der Waals surface area contributed by atoms with Gasteiger partial charge in [-0.1, -0.05) is 40.5 Å². The molecule has 1 heterocycles. The van der Waals surface area contributed by atoms with Gasteiger partial charge in [-0.15, -0.1) is 0 Å². The first-order chi connectivity index (χ1) is 9.42. The van der Waals surface area contributed by atoms with Gasteiger partial charge in [0.25, 0.3) is 0 Å². The number of piperazine rings is 1. The van der Waals surface area contributed by atoms with Crippen LogP contribution in [0.25, 0.3) is 0 Å². The van der Waals surface area contributed by atoms with E-state index in [-0.39, 0.29) is 29.9 Å². The van der Waals surface area contributed by atoms with Crippen molar-refractivity contribution in [1.29, 1.82) is 0 Å². The SMILES string of the molecule is CCC1NC(=O)C(CC)N(C(C)CCCC(C)C)C1=O. The molecule has 0 radical (unpaired) electrons. The zero-order chi connectivity index (χ0) is 15.3. The van der Waals surface area contributed by atoms with E-state index in [1.165, 1.54) is 6.42 Å². The molecule has 1 fully saturated rings. The van der Waals surface area contributed by atoms with Crippen LogP contribution < -0.4 is 5.32 Å². The summed E-state index contributed by atoms with van der Waals surface area (Å²) in [5.41, 5.74) is 0. The molecule has 1 aliphatic rings. The molecule has 0 saturated carbocycles. The fraction of sp³-hybridized carbons (Fsp3) is 0.875. The van der Waals surface area contributed by atoms with Crippen LogP contribution in [-0.4, -0.2) is 34.8 Å². The standard InChI is InChI=1S/C16H30N2O2/c1-6-13-16(20)18(14(7-2)15(19)17-13)12(5)10-8-9-11(3)4/h11-14H,6-10H2,1-5H3,(H,17,19). The lowest BCUT2D eigenvalue weighted by atomic mass is 9.97. The van der Waals surface area contributed by atoms with Crippen LogP contribution in [0.4, 0.5) is 0 Å². The summed E-state index contributed by atoms with van der Waals surface area (Å²) >= 11 is 0. The van der Waals surface area contributed by atoms with E-state index in [1.807, 2.05) is 18.7 Å². The van der Waals surface area contributed by atoms with Crippen molar-refractivity contribution in [2.75, 3.05) is 0 Å². The van der Waals surface area contributed by atoms with Crippen LogP contribution in [0, 0.1) is 5.92 Å². The summed E-state index contributed by atoms with van der Waals surface area (Å²) in [7, 11) is 0. The average molecular weight is 282 g/mol. The summed E-state index contributed by atoms with van der Waals surface area (Å²) in [4.78, 5) is 26.5. The van der Waals surface area contributed by atoms with Crippen LogP contribution in [-0.2, 0) is 9.59 Å². The van der Waals surface area contributed by atoms with E-state index >= 15 is 0 Å². The second-order valence-corrected chi connectivity index (χ2v) is 6.31. The van der Waals surface area contributed by atoms with Gasteiger partial charge in [-0.2, -0.15) is 0 Å². The third-order valence-electron chi connectivity index (χ3n) is 4.18. The fourth-order valence-corrected chi connectivity index (χ4v) is 2.93. The topological polar surface area (TPSA) is 49.4 Å². The number of nitrogens with zero attached hydrogens (tertiary/aromatic N) is 1. The van der Waals surface area contributed by atoms with E-state index in [1.54, 1.807) is 0 Å². The monoisotopic (exact) mass is 282 g/mol. The molecule has 4 heteroatoms. The molecule has 1 rings (SSSR count). The van der Waals surface area contributed by atoms with Crippen molar-refractivity contribution >= 4 is 11.8 Å². The zero-order valence-corrected chi connectivity index (χ0v) is 13.6. The minimum Gasteiger partial charge on any atom is -0.343 e. The Morgan fingerprint density at radius 2 is 1.75 bits per heavy atom. The molecule has 0 aromatic heterocycles. The first kappa shape index (κ1) is 17.0. The van der Waals surface area contributed by atoms with Crippen LogP contribution in [0.2, 0.25) is 0 Å². The quantitative estimate of drug-likeness (QED) is 0.780. The summed E-state index contributed by atoms with van der Waals surface area (Å²) in [6.45, 7) is 10.4. The predicted molar refractivity (Wildman–Crippen MR) is 81.3 cm³/mol. The molecule has 1 aliphatic heterocycles. The van der Waals surface area contributed by atoms with E-state index in [4.69, 9.17) is 0 Å². The lowest BCUT2D eigenvalue weighted by Gasteiger charge is -2.42. The van der Waals surface area contributed by atoms with Gasteiger partial charge in [0.15, 0.2) is 0 Å². The Labute approximate surface area is 123 Å². The van der Waals surface area contributed by atoms with E-state index < -0.39 is 0 Å². The van der Waals surface area contributed by atoms with E-state index in [0.29, 0.717) is 18.8 Å². The van der Waals surface area contributed by atoms with Gasteiger partial charge in [-0.05, 0) is 32.1 Å².